The van der Waals surface area contributed by atoms with Crippen LogP contribution in [-0.2, 0) is 0 Å². The number of nitriles is 1. The molecule has 0 aliphatic rings. The number of aromatic nitrogens is 1. The minimum absolute atomic E-state index is 0.196. The summed E-state index contributed by atoms with van der Waals surface area (Å²) >= 11 is 1.43. The molecule has 5 heteroatoms. The summed E-state index contributed by atoms with van der Waals surface area (Å²) < 4.78 is 5.15. The van der Waals surface area contributed by atoms with Crippen molar-refractivity contribution < 1.29 is 9.84 Å². The van der Waals surface area contributed by atoms with Crippen LogP contribution in [0.1, 0.15) is 10.6 Å². The van der Waals surface area contributed by atoms with Gasteiger partial charge in [0.1, 0.15) is 22.6 Å². The molecule has 0 unspecified atom stereocenters. The molecule has 0 aliphatic heterocycles. The molecule has 3 aromatic rings. The Balaban J connectivity index is 1.90. The Morgan fingerprint density at radius 3 is 2.50 bits per heavy atom. The molecule has 0 aliphatic carbocycles. The number of rotatable bonds is 4. The van der Waals surface area contributed by atoms with Crippen LogP contribution in [0.25, 0.3) is 22.9 Å². The normalized spacial score (nSPS) is 11.1. The fourth-order valence-corrected chi connectivity index (χ4v) is 2.97. The average Bonchev–Trinajstić information content (AvgIpc) is 3.11. The number of allylic oxidation sites excluding steroid dienone is 1. The third kappa shape index (κ3) is 3.45. The predicted octanol–water partition coefficient (Wildman–Crippen LogP) is 4.59. The van der Waals surface area contributed by atoms with Gasteiger partial charge in [-0.15, -0.1) is 11.3 Å². The highest BCUT2D eigenvalue weighted by Gasteiger charge is 2.09. The zero-order valence-electron chi connectivity index (χ0n) is 12.9. The van der Waals surface area contributed by atoms with Crippen LogP contribution in [0.15, 0.2) is 53.9 Å². The van der Waals surface area contributed by atoms with Gasteiger partial charge in [-0.2, -0.15) is 5.26 Å². The summed E-state index contributed by atoms with van der Waals surface area (Å²) in [5, 5.41) is 21.3. The Morgan fingerprint density at radius 2 is 1.88 bits per heavy atom. The van der Waals surface area contributed by atoms with E-state index in [9.17, 15) is 10.4 Å². The summed E-state index contributed by atoms with van der Waals surface area (Å²) in [6.07, 6.45) is 1.76. The second kappa shape index (κ2) is 6.99. The standard InChI is InChI=1S/C19H14N2O2S/c1-23-17-8-4-14(5-9-17)18-12-24-19(21-18)15(11-20)10-13-2-6-16(22)7-3-13/h2-10,12,22H,1H3/b15-10-. The third-order valence-electron chi connectivity index (χ3n) is 3.44. The Morgan fingerprint density at radius 1 is 1.17 bits per heavy atom. The zero-order valence-corrected chi connectivity index (χ0v) is 13.7. The number of methoxy groups -OCH3 is 1. The maximum absolute atomic E-state index is 9.43. The van der Waals surface area contributed by atoms with E-state index >= 15 is 0 Å². The van der Waals surface area contributed by atoms with Crippen molar-refractivity contribution in [3.63, 3.8) is 0 Å². The van der Waals surface area contributed by atoms with E-state index in [1.54, 1.807) is 37.5 Å². The first-order valence-electron chi connectivity index (χ1n) is 7.21. The van der Waals surface area contributed by atoms with E-state index in [2.05, 4.69) is 11.1 Å². The van der Waals surface area contributed by atoms with Gasteiger partial charge in [0, 0.05) is 10.9 Å². The molecule has 1 heterocycles. The number of benzene rings is 2. The lowest BCUT2D eigenvalue weighted by atomic mass is 10.1. The first-order chi connectivity index (χ1) is 11.7. The molecular weight excluding hydrogens is 320 g/mol. The lowest BCUT2D eigenvalue weighted by Gasteiger charge is -2.00. The lowest BCUT2D eigenvalue weighted by Crippen LogP contribution is -1.84. The maximum Gasteiger partial charge on any atom is 0.134 e. The largest absolute Gasteiger partial charge is 0.508 e. The lowest BCUT2D eigenvalue weighted by molar-refractivity contribution is 0.415. The van der Waals surface area contributed by atoms with Crippen LogP contribution in [0.5, 0.6) is 11.5 Å². The van der Waals surface area contributed by atoms with Crippen LogP contribution in [-0.4, -0.2) is 17.2 Å². The summed E-state index contributed by atoms with van der Waals surface area (Å²) in [5.74, 6) is 0.987. The van der Waals surface area contributed by atoms with Crippen molar-refractivity contribution in [1.82, 2.24) is 4.98 Å². The van der Waals surface area contributed by atoms with E-state index in [4.69, 9.17) is 4.74 Å². The minimum atomic E-state index is 0.196. The molecule has 1 aromatic heterocycles. The van der Waals surface area contributed by atoms with E-state index in [1.165, 1.54) is 11.3 Å². The van der Waals surface area contributed by atoms with Gasteiger partial charge in [-0.25, -0.2) is 4.98 Å². The van der Waals surface area contributed by atoms with E-state index in [0.29, 0.717) is 10.6 Å². The van der Waals surface area contributed by atoms with Crippen molar-refractivity contribution in [2.45, 2.75) is 0 Å². The molecule has 0 saturated heterocycles. The first kappa shape index (κ1) is 15.8. The molecule has 118 valence electrons. The smallest absolute Gasteiger partial charge is 0.134 e. The molecule has 0 saturated carbocycles. The molecule has 1 N–H and O–H groups in total. The molecule has 0 atom stereocenters. The number of hydrogen-bond donors (Lipinski definition) is 1. The number of thiazole rings is 1. The molecule has 4 nitrogen and oxygen atoms in total. The molecule has 3 rings (SSSR count). The van der Waals surface area contributed by atoms with Gasteiger partial charge in [0.15, 0.2) is 0 Å². The Kier molecular flexibility index (Phi) is 4.59. The third-order valence-corrected chi connectivity index (χ3v) is 4.32. The summed E-state index contributed by atoms with van der Waals surface area (Å²) in [7, 11) is 1.63. The van der Waals surface area contributed by atoms with Crippen LogP contribution in [0.4, 0.5) is 0 Å². The van der Waals surface area contributed by atoms with E-state index < -0.39 is 0 Å². The quantitative estimate of drug-likeness (QED) is 0.709. The monoisotopic (exact) mass is 334 g/mol. The summed E-state index contributed by atoms with van der Waals surface area (Å²) in [6, 6.07) is 16.5. The highest BCUT2D eigenvalue weighted by molar-refractivity contribution is 7.11. The van der Waals surface area contributed by atoms with Gasteiger partial charge < -0.3 is 9.84 Å². The zero-order chi connectivity index (χ0) is 16.9. The molecule has 24 heavy (non-hydrogen) atoms. The van der Waals surface area contributed by atoms with Crippen molar-refractivity contribution >= 4 is 23.0 Å². The van der Waals surface area contributed by atoms with Gasteiger partial charge in [0.05, 0.1) is 18.4 Å². The molecule has 0 amide bonds. The Hall–Kier alpha value is -3.10. The predicted molar refractivity (Wildman–Crippen MR) is 95.7 cm³/mol. The summed E-state index contributed by atoms with van der Waals surface area (Å²) in [4.78, 5) is 4.56. The number of phenols is 1. The van der Waals surface area contributed by atoms with E-state index in [0.717, 1.165) is 22.6 Å². The highest BCUT2D eigenvalue weighted by Crippen LogP contribution is 2.28. The second-order valence-corrected chi connectivity index (χ2v) is 5.89. The van der Waals surface area contributed by atoms with Gasteiger partial charge >= 0.3 is 0 Å². The number of aromatic hydroxyl groups is 1. The van der Waals surface area contributed by atoms with Gasteiger partial charge in [0.2, 0.25) is 0 Å². The van der Waals surface area contributed by atoms with Crippen molar-refractivity contribution in [3.8, 4) is 28.8 Å². The molecule has 0 fully saturated rings. The highest BCUT2D eigenvalue weighted by atomic mass is 32.1. The van der Waals surface area contributed by atoms with Crippen molar-refractivity contribution in [3.05, 3.63) is 64.5 Å². The van der Waals surface area contributed by atoms with Crippen LogP contribution in [0.3, 0.4) is 0 Å². The first-order valence-corrected chi connectivity index (χ1v) is 8.09. The topological polar surface area (TPSA) is 66.1 Å². The number of phenolic OH excluding ortho intramolecular Hbond substituents is 1. The SMILES string of the molecule is COc1ccc(-c2csc(/C(C#N)=C\c3ccc(O)cc3)n2)cc1. The summed E-state index contributed by atoms with van der Waals surface area (Å²) in [6.45, 7) is 0. The van der Waals surface area contributed by atoms with Gasteiger partial charge in [-0.3, -0.25) is 0 Å². The van der Waals surface area contributed by atoms with E-state index in [1.807, 2.05) is 29.6 Å². The molecule has 0 bridgehead atoms. The Bertz CT molecular complexity index is 904. The Labute approximate surface area is 143 Å². The fraction of sp³-hybridized carbons (Fsp3) is 0.0526. The molecular formula is C19H14N2O2S. The maximum atomic E-state index is 9.43. The molecule has 0 spiro atoms. The number of ether oxygens (including phenoxy) is 1. The van der Waals surface area contributed by atoms with Crippen LogP contribution in [0, 0.1) is 11.3 Å². The van der Waals surface area contributed by atoms with Crippen molar-refractivity contribution in [1.29, 1.82) is 5.26 Å². The van der Waals surface area contributed by atoms with Crippen LogP contribution < -0.4 is 4.74 Å². The summed E-state index contributed by atoms with van der Waals surface area (Å²) in [5.41, 5.74) is 3.13. The van der Waals surface area contributed by atoms with Gasteiger partial charge in [-0.1, -0.05) is 12.1 Å². The van der Waals surface area contributed by atoms with Crippen LogP contribution >= 0.6 is 11.3 Å². The van der Waals surface area contributed by atoms with Crippen molar-refractivity contribution in [2.75, 3.05) is 7.11 Å². The minimum Gasteiger partial charge on any atom is -0.508 e. The number of nitrogens with zero attached hydrogens (tertiary/aromatic N) is 2. The average molecular weight is 334 g/mol. The molecule has 2 aromatic carbocycles. The van der Waals surface area contributed by atoms with Crippen LogP contribution in [0.2, 0.25) is 0 Å². The fourth-order valence-electron chi connectivity index (χ4n) is 2.17. The second-order valence-electron chi connectivity index (χ2n) is 5.03. The molecule has 0 radical (unpaired) electrons. The van der Waals surface area contributed by atoms with Gasteiger partial charge in [0.25, 0.3) is 0 Å². The van der Waals surface area contributed by atoms with Gasteiger partial charge in [-0.05, 0) is 48.0 Å². The van der Waals surface area contributed by atoms with E-state index in [-0.39, 0.29) is 5.75 Å². The number of hydrogen-bond acceptors (Lipinski definition) is 5. The van der Waals surface area contributed by atoms with Crippen molar-refractivity contribution in [2.24, 2.45) is 0 Å².